The van der Waals surface area contributed by atoms with Gasteiger partial charge in [0.05, 0.1) is 0 Å². The molecule has 2 heterocycles. The molecule has 0 spiro atoms. The molecular weight excluding hydrogens is 348 g/mol. The highest BCUT2D eigenvalue weighted by molar-refractivity contribution is 9.10. The number of nitrogens with two attached hydrogens (primary N) is 1. The fraction of sp³-hybridized carbons (Fsp3) is 0.400. The van der Waals surface area contributed by atoms with Crippen LogP contribution >= 0.6 is 15.9 Å². The smallest absolute Gasteiger partial charge is 0.0349 e. The summed E-state index contributed by atoms with van der Waals surface area (Å²) in [4.78, 5) is 0. The zero-order valence-electron chi connectivity index (χ0n) is 13.3. The van der Waals surface area contributed by atoms with E-state index in [4.69, 9.17) is 5.73 Å². The van der Waals surface area contributed by atoms with Gasteiger partial charge >= 0.3 is 0 Å². The molecule has 2 aromatic rings. The molecule has 3 aliphatic rings. The molecule has 3 unspecified atom stereocenters. The summed E-state index contributed by atoms with van der Waals surface area (Å²) >= 11 is 3.59. The Morgan fingerprint density at radius 2 is 1.96 bits per heavy atom. The lowest BCUT2D eigenvalue weighted by Crippen LogP contribution is -2.51. The van der Waals surface area contributed by atoms with Crippen LogP contribution in [0.15, 0.2) is 46.9 Å². The van der Waals surface area contributed by atoms with Crippen molar-refractivity contribution in [3.05, 3.63) is 63.6 Å². The highest BCUT2D eigenvalue weighted by atomic mass is 79.9. The molecule has 2 aromatic carbocycles. The van der Waals surface area contributed by atoms with Crippen molar-refractivity contribution >= 4 is 21.6 Å². The SMILES string of the molecule is Nc1cccc2c1CC1CCC(C2)NC1Cc1cccc(Br)c1. The summed E-state index contributed by atoms with van der Waals surface area (Å²) in [6.07, 6.45) is 5.92. The molecule has 0 amide bonds. The molecule has 2 aliphatic heterocycles. The molecule has 23 heavy (non-hydrogen) atoms. The van der Waals surface area contributed by atoms with Crippen LogP contribution in [0.25, 0.3) is 0 Å². The van der Waals surface area contributed by atoms with Gasteiger partial charge in [-0.3, -0.25) is 0 Å². The third kappa shape index (κ3) is 3.17. The number of hydrogen-bond acceptors (Lipinski definition) is 2. The standard InChI is InChI=1S/C20H23BrN2/c21-16-5-1-3-13(9-16)10-20-15-7-8-17(23-20)11-14-4-2-6-19(22)18(14)12-15/h1-6,9,15,17,20,23H,7-8,10-12,22H2. The van der Waals surface area contributed by atoms with Crippen LogP contribution in [0.3, 0.4) is 0 Å². The molecule has 1 saturated heterocycles. The molecular formula is C20H23BrN2. The Labute approximate surface area is 146 Å². The molecule has 2 bridgehead atoms. The number of nitrogen functional groups attached to an aromatic ring is 1. The van der Waals surface area contributed by atoms with Gasteiger partial charge in [-0.05, 0) is 72.9 Å². The number of rotatable bonds is 2. The van der Waals surface area contributed by atoms with Gasteiger partial charge < -0.3 is 11.1 Å². The Bertz CT molecular complexity index is 713. The molecule has 1 fully saturated rings. The van der Waals surface area contributed by atoms with Gasteiger partial charge in [0, 0.05) is 22.2 Å². The van der Waals surface area contributed by atoms with Crippen molar-refractivity contribution in [1.29, 1.82) is 0 Å². The van der Waals surface area contributed by atoms with Crippen molar-refractivity contribution in [2.45, 2.75) is 44.2 Å². The maximum Gasteiger partial charge on any atom is 0.0349 e. The molecule has 0 radical (unpaired) electrons. The number of piperidine rings is 1. The zero-order valence-corrected chi connectivity index (χ0v) is 14.9. The monoisotopic (exact) mass is 370 g/mol. The van der Waals surface area contributed by atoms with E-state index in [-0.39, 0.29) is 0 Å². The summed E-state index contributed by atoms with van der Waals surface area (Å²) in [6.45, 7) is 0. The average Bonchev–Trinajstić information content (AvgIpc) is 2.49. The van der Waals surface area contributed by atoms with E-state index < -0.39 is 0 Å². The van der Waals surface area contributed by atoms with E-state index in [2.05, 4.69) is 63.7 Å². The van der Waals surface area contributed by atoms with Gasteiger partial charge in [-0.1, -0.05) is 40.2 Å². The van der Waals surface area contributed by atoms with Crippen molar-refractivity contribution < 1.29 is 0 Å². The van der Waals surface area contributed by atoms with Crippen LogP contribution < -0.4 is 11.1 Å². The van der Waals surface area contributed by atoms with E-state index in [1.54, 1.807) is 0 Å². The van der Waals surface area contributed by atoms with Crippen LogP contribution in [-0.2, 0) is 19.3 Å². The Kier molecular flexibility index (Phi) is 4.16. The first-order valence-electron chi connectivity index (χ1n) is 8.56. The molecule has 2 nitrogen and oxygen atoms in total. The molecule has 3 N–H and O–H groups in total. The van der Waals surface area contributed by atoms with Gasteiger partial charge in [0.1, 0.15) is 0 Å². The van der Waals surface area contributed by atoms with Crippen LogP contribution in [0, 0.1) is 5.92 Å². The lowest BCUT2D eigenvalue weighted by atomic mass is 9.75. The van der Waals surface area contributed by atoms with Gasteiger partial charge in [-0.25, -0.2) is 0 Å². The minimum Gasteiger partial charge on any atom is -0.398 e. The second-order valence-electron chi connectivity index (χ2n) is 7.03. The summed E-state index contributed by atoms with van der Waals surface area (Å²) in [5.74, 6) is 0.675. The number of halogens is 1. The molecule has 0 saturated carbocycles. The third-order valence-electron chi connectivity index (χ3n) is 5.49. The normalized spacial score (nSPS) is 26.4. The van der Waals surface area contributed by atoms with Gasteiger partial charge in [0.25, 0.3) is 0 Å². The second kappa shape index (κ2) is 6.29. The number of fused-ring (bicyclic) bond motifs is 2. The highest BCUT2D eigenvalue weighted by Crippen LogP contribution is 2.34. The van der Waals surface area contributed by atoms with Gasteiger partial charge in [0.2, 0.25) is 0 Å². The van der Waals surface area contributed by atoms with Gasteiger partial charge in [-0.15, -0.1) is 0 Å². The van der Waals surface area contributed by atoms with Crippen LogP contribution in [0.5, 0.6) is 0 Å². The quantitative estimate of drug-likeness (QED) is 0.780. The highest BCUT2D eigenvalue weighted by Gasteiger charge is 2.33. The second-order valence-corrected chi connectivity index (χ2v) is 7.95. The van der Waals surface area contributed by atoms with Crippen LogP contribution in [0.2, 0.25) is 0 Å². The van der Waals surface area contributed by atoms with E-state index in [0.717, 1.165) is 24.9 Å². The summed E-state index contributed by atoms with van der Waals surface area (Å²) < 4.78 is 1.17. The minimum absolute atomic E-state index is 0.552. The number of nitrogens with one attached hydrogen (secondary N) is 1. The van der Waals surface area contributed by atoms with Crippen LogP contribution in [0.4, 0.5) is 5.69 Å². The summed E-state index contributed by atoms with van der Waals surface area (Å²) in [5, 5.41) is 3.93. The number of hydrogen-bond donors (Lipinski definition) is 2. The van der Waals surface area contributed by atoms with Crippen LogP contribution in [-0.4, -0.2) is 12.1 Å². The first kappa shape index (κ1) is 15.2. The first-order chi connectivity index (χ1) is 11.2. The maximum atomic E-state index is 6.28. The van der Waals surface area contributed by atoms with Crippen molar-refractivity contribution in [3.8, 4) is 0 Å². The molecule has 5 rings (SSSR count). The lowest BCUT2D eigenvalue weighted by Gasteiger charge is -2.41. The number of benzene rings is 2. The Morgan fingerprint density at radius 1 is 1.09 bits per heavy atom. The van der Waals surface area contributed by atoms with E-state index in [0.29, 0.717) is 18.0 Å². The summed E-state index contributed by atoms with van der Waals surface area (Å²) in [5.41, 5.74) is 11.5. The molecule has 3 heteroatoms. The van der Waals surface area contributed by atoms with Crippen molar-refractivity contribution in [1.82, 2.24) is 5.32 Å². The molecule has 3 atom stereocenters. The fourth-order valence-electron chi connectivity index (χ4n) is 4.31. The first-order valence-corrected chi connectivity index (χ1v) is 9.35. The topological polar surface area (TPSA) is 38.0 Å². The predicted molar refractivity (Wildman–Crippen MR) is 99.5 cm³/mol. The molecule has 1 aliphatic carbocycles. The number of anilines is 1. The summed E-state index contributed by atoms with van der Waals surface area (Å²) in [6, 6.07) is 16.3. The van der Waals surface area contributed by atoms with Gasteiger partial charge in [-0.2, -0.15) is 0 Å². The van der Waals surface area contributed by atoms with E-state index in [1.807, 2.05) is 0 Å². The predicted octanol–water partition coefficient (Wildman–Crippen LogP) is 4.11. The van der Waals surface area contributed by atoms with E-state index in [1.165, 1.54) is 34.0 Å². The Balaban J connectivity index is 1.61. The third-order valence-corrected chi connectivity index (χ3v) is 5.98. The molecule has 0 aromatic heterocycles. The zero-order chi connectivity index (χ0) is 15.8. The minimum atomic E-state index is 0.552. The van der Waals surface area contributed by atoms with Crippen molar-refractivity contribution in [2.75, 3.05) is 5.73 Å². The van der Waals surface area contributed by atoms with E-state index in [9.17, 15) is 0 Å². The maximum absolute atomic E-state index is 6.28. The average molecular weight is 371 g/mol. The molecule has 120 valence electrons. The van der Waals surface area contributed by atoms with Crippen molar-refractivity contribution in [3.63, 3.8) is 0 Å². The van der Waals surface area contributed by atoms with E-state index >= 15 is 0 Å². The fourth-order valence-corrected chi connectivity index (χ4v) is 4.76. The lowest BCUT2D eigenvalue weighted by molar-refractivity contribution is 0.217. The van der Waals surface area contributed by atoms with Crippen molar-refractivity contribution in [2.24, 2.45) is 5.92 Å². The largest absolute Gasteiger partial charge is 0.398 e. The van der Waals surface area contributed by atoms with Crippen LogP contribution in [0.1, 0.15) is 29.5 Å². The van der Waals surface area contributed by atoms with Gasteiger partial charge in [0.15, 0.2) is 0 Å². The Morgan fingerprint density at radius 3 is 2.83 bits per heavy atom. The summed E-state index contributed by atoms with van der Waals surface area (Å²) in [7, 11) is 0. The Hall–Kier alpha value is -1.32.